The topological polar surface area (TPSA) is 285 Å². The maximum atomic E-state index is 13.7. The molecule has 0 bridgehead atoms. The standard InChI is InChI=1S/C48H49N11O11/c1-31-25-57(45(65)51-43(31)53-47(67)69-41(33-15-7-3-8-16-33)34-17-9-4-10-18-34)27-37(60)56(24-23-50-55-49)28-38(61)59(30-40(63)64)39(62)29-58-26-32(2)44(52-46(58)66)54-48(68)70-42(35-19-11-5-12-20-35)36-21-13-6-14-22-36/h3-22,25-26,41-44H,23-24,27-30H2,1-2H3,(H,51,65)(H,52,66)(H,53,67)(H,54,68)(H,63,64). The van der Waals surface area contributed by atoms with Crippen LogP contribution in [-0.4, -0.2) is 124 Å². The predicted molar refractivity (Wildman–Crippen MR) is 249 cm³/mol. The van der Waals surface area contributed by atoms with E-state index in [2.05, 4.69) is 31.3 Å². The molecule has 0 saturated carbocycles. The predicted octanol–water partition coefficient (Wildman–Crippen LogP) is 5.11. The molecule has 0 fully saturated rings. The van der Waals surface area contributed by atoms with Gasteiger partial charge in [0.05, 0.1) is 0 Å². The van der Waals surface area contributed by atoms with Crippen molar-refractivity contribution in [2.24, 2.45) is 5.11 Å². The van der Waals surface area contributed by atoms with E-state index in [-0.39, 0.29) is 13.1 Å². The molecule has 0 aromatic heterocycles. The van der Waals surface area contributed by atoms with Crippen LogP contribution in [-0.2, 0) is 28.7 Å². The van der Waals surface area contributed by atoms with Gasteiger partial charge in [-0.1, -0.05) is 126 Å². The zero-order valence-electron chi connectivity index (χ0n) is 37.9. The van der Waals surface area contributed by atoms with Crippen molar-refractivity contribution in [2.45, 2.75) is 38.4 Å². The van der Waals surface area contributed by atoms with Crippen molar-refractivity contribution < 1.29 is 52.9 Å². The highest BCUT2D eigenvalue weighted by Gasteiger charge is 2.34. The highest BCUT2D eigenvalue weighted by Crippen LogP contribution is 2.28. The minimum atomic E-state index is -1.59. The minimum Gasteiger partial charge on any atom is -0.480 e. The lowest BCUT2D eigenvalue weighted by Gasteiger charge is -2.33. The maximum absolute atomic E-state index is 13.7. The molecule has 22 heteroatoms. The van der Waals surface area contributed by atoms with Gasteiger partial charge < -0.3 is 30.1 Å². The molecule has 4 aromatic carbocycles. The molecule has 0 radical (unpaired) electrons. The Morgan fingerprint density at radius 1 is 0.643 bits per heavy atom. The fraction of sp³-hybridized carbons (Fsp3) is 0.250. The van der Waals surface area contributed by atoms with E-state index in [1.807, 2.05) is 24.3 Å². The van der Waals surface area contributed by atoms with Gasteiger partial charge in [0.2, 0.25) is 17.7 Å². The van der Waals surface area contributed by atoms with E-state index < -0.39 is 98.7 Å². The van der Waals surface area contributed by atoms with Crippen molar-refractivity contribution >= 4 is 47.9 Å². The van der Waals surface area contributed by atoms with Crippen molar-refractivity contribution in [3.05, 3.63) is 178 Å². The molecule has 2 aliphatic heterocycles. The molecule has 70 heavy (non-hydrogen) atoms. The molecular weight excluding hydrogens is 907 g/mol. The number of benzene rings is 4. The van der Waals surface area contributed by atoms with Gasteiger partial charge in [-0.15, -0.1) is 0 Å². The van der Waals surface area contributed by atoms with Crippen molar-refractivity contribution in [3.63, 3.8) is 0 Å². The summed E-state index contributed by atoms with van der Waals surface area (Å²) >= 11 is 0. The van der Waals surface area contributed by atoms with E-state index in [4.69, 9.17) is 15.0 Å². The number of nitrogens with zero attached hydrogens (tertiary/aromatic N) is 7. The number of azide groups is 1. The van der Waals surface area contributed by atoms with Crippen LogP contribution in [0, 0.1) is 0 Å². The average molecular weight is 956 g/mol. The zero-order chi connectivity index (χ0) is 50.2. The summed E-state index contributed by atoms with van der Waals surface area (Å²) in [5, 5.41) is 23.4. The first-order valence-electron chi connectivity index (χ1n) is 21.7. The minimum absolute atomic E-state index is 0.332. The van der Waals surface area contributed by atoms with E-state index >= 15 is 0 Å². The number of alkyl carbamates (subject to hydrolysis) is 2. The zero-order valence-corrected chi connectivity index (χ0v) is 37.9. The van der Waals surface area contributed by atoms with Crippen LogP contribution in [0.15, 0.2) is 150 Å². The van der Waals surface area contributed by atoms with Crippen LogP contribution in [0.2, 0.25) is 0 Å². The number of carbonyl (C=O) groups excluding carboxylic acids is 7. The Balaban J connectivity index is 1.08. The second kappa shape index (κ2) is 24.0. The van der Waals surface area contributed by atoms with Crippen LogP contribution in [0.5, 0.6) is 0 Å². The number of urea groups is 2. The number of rotatable bonds is 19. The second-order valence-electron chi connectivity index (χ2n) is 15.8. The molecule has 0 aliphatic carbocycles. The molecule has 4 aromatic rings. The largest absolute Gasteiger partial charge is 0.480 e. The maximum Gasteiger partial charge on any atom is 0.409 e. The van der Waals surface area contributed by atoms with Crippen molar-refractivity contribution in [2.75, 3.05) is 39.3 Å². The molecule has 2 unspecified atom stereocenters. The first-order chi connectivity index (χ1) is 33.7. The summed E-state index contributed by atoms with van der Waals surface area (Å²) < 4.78 is 11.6. The SMILES string of the molecule is CC1=CN(CC(=O)N(CCN=[N+]=[N-])CC(=O)N(CC(=O)O)C(=O)CN2C=C(C)C(NC(=O)OC(c3ccccc3)c3ccccc3)NC2=O)C(=O)NC1NC(=O)OC(c1ccccc1)c1ccccc1. The summed E-state index contributed by atoms with van der Waals surface area (Å²) in [7, 11) is 0. The number of aliphatic carboxylic acids is 1. The van der Waals surface area contributed by atoms with Gasteiger partial charge in [0.15, 0.2) is 12.2 Å². The van der Waals surface area contributed by atoms with E-state index in [0.29, 0.717) is 38.3 Å². The molecule has 2 atom stereocenters. The Labute approximate surface area is 401 Å². The van der Waals surface area contributed by atoms with Gasteiger partial charge in [-0.05, 0) is 52.8 Å². The normalized spacial score (nSPS) is 15.3. The highest BCUT2D eigenvalue weighted by molar-refractivity contribution is 6.02. The Morgan fingerprint density at radius 2 is 1.03 bits per heavy atom. The second-order valence-corrected chi connectivity index (χ2v) is 15.8. The molecule has 2 heterocycles. The number of imide groups is 1. The lowest BCUT2D eigenvalue weighted by atomic mass is 10.0. The summed E-state index contributed by atoms with van der Waals surface area (Å²) in [6.45, 7) is -1.18. The van der Waals surface area contributed by atoms with Crippen LogP contribution in [0.4, 0.5) is 19.2 Å². The monoisotopic (exact) mass is 955 g/mol. The van der Waals surface area contributed by atoms with Crippen LogP contribution >= 0.6 is 0 Å². The van der Waals surface area contributed by atoms with E-state index in [1.54, 1.807) is 111 Å². The van der Waals surface area contributed by atoms with Crippen molar-refractivity contribution in [3.8, 4) is 0 Å². The Kier molecular flexibility index (Phi) is 17.2. The van der Waals surface area contributed by atoms with E-state index in [0.717, 1.165) is 14.7 Å². The van der Waals surface area contributed by atoms with E-state index in [1.165, 1.54) is 12.4 Å². The molecule has 0 spiro atoms. The van der Waals surface area contributed by atoms with Crippen LogP contribution in [0.1, 0.15) is 48.3 Å². The van der Waals surface area contributed by atoms with Crippen LogP contribution in [0.25, 0.3) is 10.4 Å². The van der Waals surface area contributed by atoms with Gasteiger partial charge in [0, 0.05) is 30.4 Å². The average Bonchev–Trinajstić information content (AvgIpc) is 3.35. The molecular formula is C48H49N11O11. The van der Waals surface area contributed by atoms with Gasteiger partial charge in [0.25, 0.3) is 0 Å². The third kappa shape index (κ3) is 13.7. The van der Waals surface area contributed by atoms with Gasteiger partial charge in [0.1, 0.15) is 38.5 Å². The molecule has 5 N–H and O–H groups in total. The first-order valence-corrected chi connectivity index (χ1v) is 21.7. The van der Waals surface area contributed by atoms with Gasteiger partial charge in [-0.3, -0.25) is 44.5 Å². The van der Waals surface area contributed by atoms with Crippen molar-refractivity contribution in [1.82, 2.24) is 40.9 Å². The first kappa shape index (κ1) is 50.2. The number of hydrogen-bond donors (Lipinski definition) is 5. The summed E-state index contributed by atoms with van der Waals surface area (Å²) in [5.41, 5.74) is 12.4. The molecule has 9 amide bonds. The fourth-order valence-corrected chi connectivity index (χ4v) is 7.30. The molecule has 362 valence electrons. The number of nitrogens with one attached hydrogen (secondary N) is 4. The third-order valence-electron chi connectivity index (χ3n) is 10.8. The summed E-state index contributed by atoms with van der Waals surface area (Å²) in [4.78, 5) is 112. The molecule has 22 nitrogen and oxygen atoms in total. The summed E-state index contributed by atoms with van der Waals surface area (Å²) in [5.74, 6) is -4.77. The lowest BCUT2D eigenvalue weighted by Crippen LogP contribution is -2.58. The smallest absolute Gasteiger partial charge is 0.409 e. The molecule has 0 saturated heterocycles. The van der Waals surface area contributed by atoms with E-state index in [9.17, 15) is 43.5 Å². The van der Waals surface area contributed by atoms with Gasteiger partial charge in [-0.2, -0.15) is 0 Å². The Hall–Kier alpha value is -9.17. The summed E-state index contributed by atoms with van der Waals surface area (Å²) in [6, 6.07) is 34.4. The lowest BCUT2D eigenvalue weighted by molar-refractivity contribution is -0.154. The molecule has 6 rings (SSSR count). The molecule has 2 aliphatic rings. The number of carbonyl (C=O) groups is 8. The fourth-order valence-electron chi connectivity index (χ4n) is 7.30. The Bertz CT molecular complexity index is 2590. The number of hydrogen-bond acceptors (Lipinski definition) is 11. The number of carboxylic acid groups (broad SMARTS) is 1. The number of ether oxygens (including phenoxy) is 2. The van der Waals surface area contributed by atoms with Crippen LogP contribution in [0.3, 0.4) is 0 Å². The number of carboxylic acids is 1. The van der Waals surface area contributed by atoms with Gasteiger partial charge in [-0.25, -0.2) is 19.2 Å². The third-order valence-corrected chi connectivity index (χ3v) is 10.8. The summed E-state index contributed by atoms with van der Waals surface area (Å²) in [6.07, 6.45) is -2.89. The van der Waals surface area contributed by atoms with Gasteiger partial charge >= 0.3 is 30.2 Å². The quantitative estimate of drug-likeness (QED) is 0.0468. The van der Waals surface area contributed by atoms with Crippen LogP contribution < -0.4 is 21.3 Å². The number of amides is 9. The Morgan fingerprint density at radius 3 is 1.40 bits per heavy atom. The van der Waals surface area contributed by atoms with Crippen molar-refractivity contribution in [1.29, 1.82) is 0 Å². The highest BCUT2D eigenvalue weighted by atomic mass is 16.6.